The van der Waals surface area contributed by atoms with Crippen molar-refractivity contribution in [2.45, 2.75) is 65.7 Å². The minimum Gasteiger partial charge on any atom is -0.348 e. The molecule has 1 unspecified atom stereocenters. The van der Waals surface area contributed by atoms with E-state index in [1.165, 1.54) is 4.88 Å². The zero-order valence-corrected chi connectivity index (χ0v) is 20.3. The molecule has 2 heterocycles. The number of alkyl halides is 2. The summed E-state index contributed by atoms with van der Waals surface area (Å²) < 4.78 is 25.4. The van der Waals surface area contributed by atoms with Crippen LogP contribution in [0.3, 0.4) is 0 Å². The third-order valence-corrected chi connectivity index (χ3v) is 8.05. The highest BCUT2D eigenvalue weighted by molar-refractivity contribution is 7.10. The number of amides is 1. The number of nitrogens with zero attached hydrogens (tertiary/aromatic N) is 1. The Balaban J connectivity index is 1.65. The summed E-state index contributed by atoms with van der Waals surface area (Å²) in [5.41, 5.74) is 4.33. The number of hydrogen-bond acceptors (Lipinski definition) is 4. The van der Waals surface area contributed by atoms with Crippen molar-refractivity contribution in [2.24, 2.45) is 5.92 Å². The summed E-state index contributed by atoms with van der Waals surface area (Å²) in [6.07, 6.45) is 2.93. The first kappa shape index (κ1) is 24.8. The molecule has 0 aromatic carbocycles. The van der Waals surface area contributed by atoms with Crippen molar-refractivity contribution in [1.29, 1.82) is 0 Å². The Morgan fingerprint density at radius 1 is 1.25 bits per heavy atom. The van der Waals surface area contributed by atoms with Crippen LogP contribution in [0.5, 0.6) is 0 Å². The molecule has 0 spiro atoms. The predicted octanol–water partition coefficient (Wildman–Crippen LogP) is 5.49. The molecule has 32 heavy (non-hydrogen) atoms. The number of halogens is 2. The summed E-state index contributed by atoms with van der Waals surface area (Å²) in [6.45, 7) is 9.54. The molecule has 1 amide bonds. The number of Topliss-reactive ketones (excluding diaryl/α,β-unsaturated/α-hetero) is 1. The molecular weight excluding hydrogens is 430 g/mol. The molecule has 1 fully saturated rings. The summed E-state index contributed by atoms with van der Waals surface area (Å²) >= 11 is 1.62. The highest BCUT2D eigenvalue weighted by Gasteiger charge is 2.30. The zero-order chi connectivity index (χ0) is 23.4. The van der Waals surface area contributed by atoms with Gasteiger partial charge in [-0.25, -0.2) is 8.78 Å². The highest BCUT2D eigenvalue weighted by Crippen LogP contribution is 2.40. The molecule has 0 bridgehead atoms. The van der Waals surface area contributed by atoms with Gasteiger partial charge in [0.25, 0.3) is 12.3 Å². The molecule has 0 radical (unpaired) electrons. The number of piperidine rings is 1. The van der Waals surface area contributed by atoms with Crippen molar-refractivity contribution in [1.82, 2.24) is 10.2 Å². The van der Waals surface area contributed by atoms with E-state index in [4.69, 9.17) is 0 Å². The maximum atomic E-state index is 12.9. The fraction of sp³-hybridized carbons (Fsp3) is 0.600. The molecule has 1 atom stereocenters. The van der Waals surface area contributed by atoms with Crippen LogP contribution < -0.4 is 5.32 Å². The first-order valence-electron chi connectivity index (χ1n) is 11.5. The van der Waals surface area contributed by atoms with Gasteiger partial charge in [0.05, 0.1) is 12.1 Å². The van der Waals surface area contributed by atoms with Gasteiger partial charge in [0, 0.05) is 28.8 Å². The Hall–Kier alpha value is -1.86. The summed E-state index contributed by atoms with van der Waals surface area (Å²) in [7, 11) is 0. The molecule has 4 nitrogen and oxygen atoms in total. The Morgan fingerprint density at radius 2 is 1.94 bits per heavy atom. The lowest BCUT2D eigenvalue weighted by atomic mass is 9.80. The summed E-state index contributed by atoms with van der Waals surface area (Å²) in [5.74, 6) is 0.721. The molecule has 2 aliphatic rings. The summed E-state index contributed by atoms with van der Waals surface area (Å²) in [4.78, 5) is 28.3. The van der Waals surface area contributed by atoms with E-state index >= 15 is 0 Å². The van der Waals surface area contributed by atoms with Crippen molar-refractivity contribution < 1.29 is 18.4 Å². The fourth-order valence-corrected chi connectivity index (χ4v) is 6.43. The van der Waals surface area contributed by atoms with Crippen LogP contribution in [0.4, 0.5) is 8.78 Å². The number of nitrogens with one attached hydrogen (secondary N) is 1. The lowest BCUT2D eigenvalue weighted by Gasteiger charge is -2.35. The highest BCUT2D eigenvalue weighted by atomic mass is 32.1. The van der Waals surface area contributed by atoms with Gasteiger partial charge in [-0.05, 0) is 76.1 Å². The normalized spacial score (nSPS) is 19.5. The molecule has 1 saturated heterocycles. The topological polar surface area (TPSA) is 49.4 Å². The van der Waals surface area contributed by atoms with Crippen molar-refractivity contribution in [3.05, 3.63) is 44.2 Å². The van der Waals surface area contributed by atoms with Crippen LogP contribution in [0.15, 0.2) is 28.2 Å². The van der Waals surface area contributed by atoms with Crippen molar-refractivity contribution in [3.8, 4) is 0 Å². The first-order chi connectivity index (χ1) is 15.2. The second kappa shape index (κ2) is 10.8. The number of allylic oxidation sites excluding steroid dienone is 3. The van der Waals surface area contributed by atoms with Crippen LogP contribution in [0.1, 0.15) is 73.2 Å². The Morgan fingerprint density at radius 3 is 2.53 bits per heavy atom. The average molecular weight is 465 g/mol. The van der Waals surface area contributed by atoms with E-state index in [1.54, 1.807) is 11.3 Å². The van der Waals surface area contributed by atoms with Crippen LogP contribution >= 0.6 is 11.3 Å². The van der Waals surface area contributed by atoms with Gasteiger partial charge in [0.15, 0.2) is 5.78 Å². The number of thiophene rings is 1. The molecule has 0 saturated carbocycles. The van der Waals surface area contributed by atoms with Crippen molar-refractivity contribution in [2.75, 3.05) is 26.2 Å². The Labute approximate surface area is 193 Å². The third kappa shape index (κ3) is 5.73. The molecule has 1 aliphatic carbocycles. The maximum Gasteiger partial charge on any atom is 0.252 e. The van der Waals surface area contributed by atoms with E-state index < -0.39 is 6.43 Å². The molecule has 176 valence electrons. The van der Waals surface area contributed by atoms with Gasteiger partial charge < -0.3 is 5.32 Å². The van der Waals surface area contributed by atoms with Gasteiger partial charge in [0.2, 0.25) is 0 Å². The van der Waals surface area contributed by atoms with E-state index in [0.717, 1.165) is 36.0 Å². The Bertz CT molecular complexity index is 911. The van der Waals surface area contributed by atoms with E-state index in [9.17, 15) is 18.4 Å². The number of carbonyl (C=O) groups is 2. The SMILES string of the molecule is CCC(c1scc(C(=O)NCC2=C(C)C=C(C)CC2=O)c1C)C1CCN(CC(F)F)CC1. The second-order valence-corrected chi connectivity index (χ2v) is 10.0. The number of carbonyl (C=O) groups excluding carboxylic acids is 2. The van der Waals surface area contributed by atoms with Crippen LogP contribution in [0, 0.1) is 12.8 Å². The van der Waals surface area contributed by atoms with Gasteiger partial charge in [-0.2, -0.15) is 0 Å². The standard InChI is InChI=1S/C25H34F2N2O2S/c1-5-19(18-6-8-29(9-7-18)13-23(26)27)24-17(4)21(14-32-24)25(31)28-12-20-16(3)10-15(2)11-22(20)30/h10,14,18-19,23H,5-9,11-13H2,1-4H3,(H,28,31). The number of likely N-dealkylation sites (tertiary alicyclic amines) is 1. The summed E-state index contributed by atoms with van der Waals surface area (Å²) in [6, 6.07) is 0. The van der Waals surface area contributed by atoms with Gasteiger partial charge in [-0.1, -0.05) is 18.6 Å². The van der Waals surface area contributed by atoms with E-state index in [0.29, 0.717) is 42.5 Å². The predicted molar refractivity (Wildman–Crippen MR) is 126 cm³/mol. The van der Waals surface area contributed by atoms with Crippen molar-refractivity contribution >= 4 is 23.0 Å². The van der Waals surface area contributed by atoms with Crippen LogP contribution in [-0.4, -0.2) is 49.2 Å². The smallest absolute Gasteiger partial charge is 0.252 e. The third-order valence-electron chi connectivity index (χ3n) is 6.84. The molecule has 3 rings (SSSR count). The van der Waals surface area contributed by atoms with Gasteiger partial charge in [-0.3, -0.25) is 14.5 Å². The Kier molecular flexibility index (Phi) is 8.39. The quantitative estimate of drug-likeness (QED) is 0.553. The molecule has 7 heteroatoms. The molecule has 1 aliphatic heterocycles. The monoisotopic (exact) mass is 464 g/mol. The molecule has 1 N–H and O–H groups in total. The van der Waals surface area contributed by atoms with Crippen LogP contribution in [-0.2, 0) is 4.79 Å². The minimum atomic E-state index is -2.28. The second-order valence-electron chi connectivity index (χ2n) is 9.12. The van der Waals surface area contributed by atoms with E-state index in [1.807, 2.05) is 37.1 Å². The molecule has 1 aromatic heterocycles. The lowest BCUT2D eigenvalue weighted by Crippen LogP contribution is -2.38. The minimum absolute atomic E-state index is 0.0785. The largest absolute Gasteiger partial charge is 0.348 e. The zero-order valence-electron chi connectivity index (χ0n) is 19.5. The molecular formula is C25H34F2N2O2S. The van der Waals surface area contributed by atoms with Gasteiger partial charge >= 0.3 is 0 Å². The van der Waals surface area contributed by atoms with Gasteiger partial charge in [-0.15, -0.1) is 11.3 Å². The van der Waals surface area contributed by atoms with Crippen LogP contribution in [0.25, 0.3) is 0 Å². The van der Waals surface area contributed by atoms with E-state index in [2.05, 4.69) is 12.2 Å². The maximum absolute atomic E-state index is 12.9. The fourth-order valence-electron chi connectivity index (χ4n) is 5.08. The van der Waals surface area contributed by atoms with Crippen molar-refractivity contribution in [3.63, 3.8) is 0 Å². The average Bonchev–Trinajstić information content (AvgIpc) is 3.10. The van der Waals surface area contributed by atoms with E-state index in [-0.39, 0.29) is 24.8 Å². The number of rotatable bonds is 8. The summed E-state index contributed by atoms with van der Waals surface area (Å²) in [5, 5.41) is 4.86. The van der Waals surface area contributed by atoms with Gasteiger partial charge in [0.1, 0.15) is 0 Å². The number of hydrogen-bond donors (Lipinski definition) is 1. The van der Waals surface area contributed by atoms with Crippen LogP contribution in [0.2, 0.25) is 0 Å². The number of ketones is 1. The molecule has 1 aromatic rings. The first-order valence-corrected chi connectivity index (χ1v) is 12.4. The lowest BCUT2D eigenvalue weighted by molar-refractivity contribution is -0.115.